The highest BCUT2D eigenvalue weighted by atomic mass is 16.2. The molecule has 0 heterocycles. The van der Waals surface area contributed by atoms with Crippen LogP contribution in [0.1, 0.15) is 39.0 Å². The van der Waals surface area contributed by atoms with Crippen molar-refractivity contribution < 1.29 is 4.79 Å². The van der Waals surface area contributed by atoms with E-state index in [9.17, 15) is 4.79 Å². The molecule has 3 nitrogen and oxygen atoms in total. The molecule has 0 aromatic carbocycles. The Morgan fingerprint density at radius 1 is 1.47 bits per heavy atom. The van der Waals surface area contributed by atoms with E-state index in [-0.39, 0.29) is 5.91 Å². The highest BCUT2D eigenvalue weighted by Crippen LogP contribution is 2.35. The van der Waals surface area contributed by atoms with E-state index in [1.807, 2.05) is 11.8 Å². The first kappa shape index (κ1) is 10.5. The van der Waals surface area contributed by atoms with Crippen molar-refractivity contribution >= 4 is 5.91 Å². The molecule has 0 saturated heterocycles. The third-order valence-electron chi connectivity index (χ3n) is 3.28. The Balaban J connectivity index is 1.96. The van der Waals surface area contributed by atoms with E-state index in [4.69, 9.17) is 5.26 Å². The number of hydrogen-bond acceptors (Lipinski definition) is 2. The normalized spacial score (nSPS) is 21.9. The molecule has 2 aliphatic rings. The fraction of sp³-hybridized carbons (Fsp3) is 0.833. The van der Waals surface area contributed by atoms with Gasteiger partial charge in [-0.3, -0.25) is 4.79 Å². The van der Waals surface area contributed by atoms with Gasteiger partial charge in [0, 0.05) is 12.6 Å². The van der Waals surface area contributed by atoms with Gasteiger partial charge in [0.1, 0.15) is 5.92 Å². The van der Waals surface area contributed by atoms with Crippen LogP contribution < -0.4 is 0 Å². The summed E-state index contributed by atoms with van der Waals surface area (Å²) in [4.78, 5) is 14.0. The number of rotatable bonds is 5. The number of carbonyl (C=O) groups excluding carboxylic acids is 1. The molecule has 1 atom stereocenters. The first-order valence-corrected chi connectivity index (χ1v) is 5.96. The molecule has 0 aromatic heterocycles. The Morgan fingerprint density at radius 3 is 2.53 bits per heavy atom. The summed E-state index contributed by atoms with van der Waals surface area (Å²) in [6, 6.07) is 2.58. The van der Waals surface area contributed by atoms with Crippen LogP contribution >= 0.6 is 0 Å². The topological polar surface area (TPSA) is 44.1 Å². The predicted molar refractivity (Wildman–Crippen MR) is 56.9 cm³/mol. The van der Waals surface area contributed by atoms with E-state index < -0.39 is 5.92 Å². The Hall–Kier alpha value is -1.04. The van der Waals surface area contributed by atoms with Gasteiger partial charge >= 0.3 is 0 Å². The number of nitriles is 1. The van der Waals surface area contributed by atoms with Crippen molar-refractivity contribution in [2.45, 2.75) is 45.1 Å². The lowest BCUT2D eigenvalue weighted by Crippen LogP contribution is -2.38. The van der Waals surface area contributed by atoms with Crippen LogP contribution in [0, 0.1) is 23.2 Å². The molecule has 0 bridgehead atoms. The Kier molecular flexibility index (Phi) is 2.95. The smallest absolute Gasteiger partial charge is 0.240 e. The van der Waals surface area contributed by atoms with E-state index in [0.29, 0.717) is 12.5 Å². The standard InChI is InChI=1S/C12H18N2O/c1-2-10(7-13)12(15)14(11-5-6-11)8-9-3-4-9/h9-11H,2-6,8H2,1H3. The molecule has 2 fully saturated rings. The molecule has 0 radical (unpaired) electrons. The lowest BCUT2D eigenvalue weighted by Gasteiger charge is -2.24. The van der Waals surface area contributed by atoms with E-state index in [0.717, 1.165) is 25.3 Å². The van der Waals surface area contributed by atoms with Gasteiger partial charge in [-0.15, -0.1) is 0 Å². The highest BCUT2D eigenvalue weighted by Gasteiger charge is 2.38. The summed E-state index contributed by atoms with van der Waals surface area (Å²) in [5.41, 5.74) is 0. The molecule has 2 rings (SSSR count). The van der Waals surface area contributed by atoms with Gasteiger partial charge in [0.25, 0.3) is 0 Å². The van der Waals surface area contributed by atoms with Crippen LogP contribution in [0.2, 0.25) is 0 Å². The lowest BCUT2D eigenvalue weighted by molar-refractivity contribution is -0.134. The van der Waals surface area contributed by atoms with E-state index in [1.165, 1.54) is 12.8 Å². The SMILES string of the molecule is CCC(C#N)C(=O)N(CC1CC1)C1CC1. The molecule has 2 saturated carbocycles. The maximum Gasteiger partial charge on any atom is 0.240 e. The third kappa shape index (κ3) is 2.50. The fourth-order valence-electron chi connectivity index (χ4n) is 1.91. The van der Waals surface area contributed by atoms with Crippen LogP contribution in [-0.2, 0) is 4.79 Å². The summed E-state index contributed by atoms with van der Waals surface area (Å²) in [5.74, 6) is 0.393. The van der Waals surface area contributed by atoms with Gasteiger partial charge in [-0.05, 0) is 38.0 Å². The van der Waals surface area contributed by atoms with E-state index in [1.54, 1.807) is 0 Å². The molecular formula is C12H18N2O. The van der Waals surface area contributed by atoms with Crippen molar-refractivity contribution in [3.8, 4) is 6.07 Å². The Bertz CT molecular complexity index is 286. The average Bonchev–Trinajstić information content (AvgIpc) is 3.08. The summed E-state index contributed by atoms with van der Waals surface area (Å²) >= 11 is 0. The van der Waals surface area contributed by atoms with Gasteiger partial charge < -0.3 is 4.90 Å². The van der Waals surface area contributed by atoms with Crippen molar-refractivity contribution in [2.75, 3.05) is 6.54 Å². The summed E-state index contributed by atoms with van der Waals surface area (Å²) in [7, 11) is 0. The van der Waals surface area contributed by atoms with Crippen LogP contribution in [-0.4, -0.2) is 23.4 Å². The monoisotopic (exact) mass is 206 g/mol. The van der Waals surface area contributed by atoms with Crippen LogP contribution in [0.15, 0.2) is 0 Å². The minimum Gasteiger partial charge on any atom is -0.338 e. The van der Waals surface area contributed by atoms with Gasteiger partial charge in [0.2, 0.25) is 5.91 Å². The quantitative estimate of drug-likeness (QED) is 0.690. The molecule has 0 aliphatic heterocycles. The zero-order chi connectivity index (χ0) is 10.8. The van der Waals surface area contributed by atoms with E-state index in [2.05, 4.69) is 6.07 Å². The fourth-order valence-corrected chi connectivity index (χ4v) is 1.91. The summed E-state index contributed by atoms with van der Waals surface area (Å²) in [6.07, 6.45) is 5.45. The largest absolute Gasteiger partial charge is 0.338 e. The van der Waals surface area contributed by atoms with Crippen molar-refractivity contribution in [1.82, 2.24) is 4.90 Å². The minimum atomic E-state index is -0.413. The molecule has 1 amide bonds. The van der Waals surface area contributed by atoms with Gasteiger partial charge in [0.05, 0.1) is 6.07 Å². The molecule has 0 spiro atoms. The lowest BCUT2D eigenvalue weighted by atomic mass is 10.1. The molecule has 82 valence electrons. The van der Waals surface area contributed by atoms with Gasteiger partial charge in [-0.1, -0.05) is 6.92 Å². The first-order chi connectivity index (χ1) is 7.26. The molecule has 1 unspecified atom stereocenters. The summed E-state index contributed by atoms with van der Waals surface area (Å²) in [6.45, 7) is 2.82. The molecular weight excluding hydrogens is 188 g/mol. The summed E-state index contributed by atoms with van der Waals surface area (Å²) < 4.78 is 0. The minimum absolute atomic E-state index is 0.0781. The van der Waals surface area contributed by atoms with Crippen molar-refractivity contribution in [2.24, 2.45) is 11.8 Å². The van der Waals surface area contributed by atoms with Gasteiger partial charge in [0.15, 0.2) is 0 Å². The molecule has 0 aromatic rings. The van der Waals surface area contributed by atoms with Crippen LogP contribution in [0.4, 0.5) is 0 Å². The van der Waals surface area contributed by atoms with Crippen molar-refractivity contribution in [3.63, 3.8) is 0 Å². The zero-order valence-corrected chi connectivity index (χ0v) is 9.28. The van der Waals surface area contributed by atoms with E-state index >= 15 is 0 Å². The number of carbonyl (C=O) groups is 1. The van der Waals surface area contributed by atoms with Crippen LogP contribution in [0.3, 0.4) is 0 Å². The molecule has 3 heteroatoms. The van der Waals surface area contributed by atoms with Gasteiger partial charge in [-0.2, -0.15) is 5.26 Å². The molecule has 2 aliphatic carbocycles. The Morgan fingerprint density at radius 2 is 2.13 bits per heavy atom. The Labute approximate surface area is 91.1 Å². The van der Waals surface area contributed by atoms with Crippen LogP contribution in [0.25, 0.3) is 0 Å². The molecule has 15 heavy (non-hydrogen) atoms. The zero-order valence-electron chi connectivity index (χ0n) is 9.28. The van der Waals surface area contributed by atoms with Crippen molar-refractivity contribution in [3.05, 3.63) is 0 Å². The second-order valence-electron chi connectivity index (χ2n) is 4.76. The number of amides is 1. The first-order valence-electron chi connectivity index (χ1n) is 5.96. The summed E-state index contributed by atoms with van der Waals surface area (Å²) in [5, 5.41) is 8.90. The second-order valence-corrected chi connectivity index (χ2v) is 4.76. The molecule has 0 N–H and O–H groups in total. The van der Waals surface area contributed by atoms with Crippen molar-refractivity contribution in [1.29, 1.82) is 5.26 Å². The predicted octanol–water partition coefficient (Wildman–Crippen LogP) is 1.94. The second kappa shape index (κ2) is 4.22. The maximum absolute atomic E-state index is 12.1. The van der Waals surface area contributed by atoms with Gasteiger partial charge in [-0.25, -0.2) is 0 Å². The third-order valence-corrected chi connectivity index (χ3v) is 3.28. The average molecular weight is 206 g/mol. The highest BCUT2D eigenvalue weighted by molar-refractivity contribution is 5.81. The maximum atomic E-state index is 12.1. The number of hydrogen-bond donors (Lipinski definition) is 0. The number of nitrogens with zero attached hydrogens (tertiary/aromatic N) is 2. The van der Waals surface area contributed by atoms with Crippen LogP contribution in [0.5, 0.6) is 0 Å².